The Labute approximate surface area is 161 Å². The largest absolute Gasteiger partial charge is 0.347 e. The van der Waals surface area contributed by atoms with E-state index in [0.717, 1.165) is 31.2 Å². The first-order valence-corrected chi connectivity index (χ1v) is 9.47. The van der Waals surface area contributed by atoms with Crippen LogP contribution in [0.1, 0.15) is 37.7 Å². The van der Waals surface area contributed by atoms with Gasteiger partial charge >= 0.3 is 0 Å². The van der Waals surface area contributed by atoms with Gasteiger partial charge in [-0.15, -0.1) is 5.10 Å². The van der Waals surface area contributed by atoms with Crippen LogP contribution in [-0.4, -0.2) is 20.9 Å². The average Bonchev–Trinajstić information content (AvgIpc) is 3.17. The van der Waals surface area contributed by atoms with Gasteiger partial charge in [0.2, 0.25) is 5.91 Å². The maximum absolute atomic E-state index is 13.3. The molecule has 1 aliphatic rings. The lowest BCUT2D eigenvalue weighted by Crippen LogP contribution is -2.44. The maximum Gasteiger partial charge on any atom is 0.277 e. The summed E-state index contributed by atoms with van der Waals surface area (Å²) in [6.45, 7) is 0.155. The number of halogens is 1. The predicted octanol–water partition coefficient (Wildman–Crippen LogP) is 2.91. The predicted molar refractivity (Wildman–Crippen MR) is 103 cm³/mol. The highest BCUT2D eigenvalue weighted by atomic mass is 19.1. The standard InChI is InChI=1S/C21H21FN4O2/c22-16-9-7-15(8-10-16)21(12-3-4-13-21)23-19(27)11-14-26-20(28)17-5-1-2-6-18(17)24-25-26/h1-2,5-10H,3-4,11-14H2,(H,23,27). The fourth-order valence-corrected chi connectivity index (χ4v) is 3.94. The summed E-state index contributed by atoms with van der Waals surface area (Å²) in [5.41, 5.74) is 0.731. The lowest BCUT2D eigenvalue weighted by atomic mass is 9.88. The molecule has 1 heterocycles. The number of aryl methyl sites for hydroxylation is 1. The summed E-state index contributed by atoms with van der Waals surface area (Å²) in [4.78, 5) is 25.1. The Morgan fingerprint density at radius 3 is 2.57 bits per heavy atom. The van der Waals surface area contributed by atoms with Crippen molar-refractivity contribution in [3.8, 4) is 0 Å². The number of hydrogen-bond acceptors (Lipinski definition) is 4. The highest BCUT2D eigenvalue weighted by Gasteiger charge is 2.36. The molecule has 1 saturated carbocycles. The summed E-state index contributed by atoms with van der Waals surface area (Å²) in [6.07, 6.45) is 3.77. The number of aromatic nitrogens is 3. The molecule has 3 aromatic rings. The molecular weight excluding hydrogens is 359 g/mol. The van der Waals surface area contributed by atoms with Crippen molar-refractivity contribution >= 4 is 16.8 Å². The SMILES string of the molecule is O=C(CCn1nnc2ccccc2c1=O)NC1(c2ccc(F)cc2)CCCC1. The molecule has 7 heteroatoms. The molecule has 144 valence electrons. The van der Waals surface area contributed by atoms with E-state index in [0.29, 0.717) is 10.9 Å². The number of carbonyl (C=O) groups excluding carboxylic acids is 1. The minimum Gasteiger partial charge on any atom is -0.347 e. The van der Waals surface area contributed by atoms with Gasteiger partial charge in [0.1, 0.15) is 11.3 Å². The molecule has 1 aromatic heterocycles. The molecule has 1 N–H and O–H groups in total. The highest BCUT2D eigenvalue weighted by Crippen LogP contribution is 2.38. The van der Waals surface area contributed by atoms with Gasteiger partial charge in [0.05, 0.1) is 17.5 Å². The third kappa shape index (κ3) is 3.52. The van der Waals surface area contributed by atoms with Crippen molar-refractivity contribution < 1.29 is 9.18 Å². The van der Waals surface area contributed by atoms with E-state index < -0.39 is 5.54 Å². The van der Waals surface area contributed by atoms with Gasteiger partial charge in [0.25, 0.3) is 5.56 Å². The minimum atomic E-state index is -0.467. The van der Waals surface area contributed by atoms with E-state index in [9.17, 15) is 14.0 Å². The Morgan fingerprint density at radius 2 is 1.82 bits per heavy atom. The lowest BCUT2D eigenvalue weighted by Gasteiger charge is -2.31. The van der Waals surface area contributed by atoms with Gasteiger partial charge in [-0.2, -0.15) is 0 Å². The van der Waals surface area contributed by atoms with E-state index in [-0.39, 0.29) is 30.2 Å². The van der Waals surface area contributed by atoms with Crippen LogP contribution < -0.4 is 10.9 Å². The summed E-state index contributed by atoms with van der Waals surface area (Å²) < 4.78 is 14.5. The molecule has 0 radical (unpaired) electrons. The van der Waals surface area contributed by atoms with Gasteiger partial charge < -0.3 is 5.32 Å². The average molecular weight is 380 g/mol. The van der Waals surface area contributed by atoms with E-state index in [1.807, 2.05) is 0 Å². The van der Waals surface area contributed by atoms with E-state index in [1.54, 1.807) is 36.4 Å². The Kier molecular flexibility index (Phi) is 4.90. The molecule has 28 heavy (non-hydrogen) atoms. The molecule has 1 aliphatic carbocycles. The second-order valence-corrected chi connectivity index (χ2v) is 7.23. The van der Waals surface area contributed by atoms with Crippen LogP contribution in [0.2, 0.25) is 0 Å². The molecule has 6 nitrogen and oxygen atoms in total. The molecule has 0 atom stereocenters. The molecule has 0 unspecified atom stereocenters. The number of benzene rings is 2. The first kappa shape index (κ1) is 18.3. The molecule has 0 spiro atoms. The van der Waals surface area contributed by atoms with Crippen molar-refractivity contribution in [3.63, 3.8) is 0 Å². The van der Waals surface area contributed by atoms with Crippen molar-refractivity contribution in [3.05, 3.63) is 70.3 Å². The monoisotopic (exact) mass is 380 g/mol. The van der Waals surface area contributed by atoms with Crippen LogP contribution in [0.3, 0.4) is 0 Å². The first-order chi connectivity index (χ1) is 13.6. The number of rotatable bonds is 5. The molecule has 4 rings (SSSR count). The third-order valence-electron chi connectivity index (χ3n) is 5.41. The van der Waals surface area contributed by atoms with Crippen LogP contribution in [0.5, 0.6) is 0 Å². The zero-order valence-electron chi connectivity index (χ0n) is 15.4. The highest BCUT2D eigenvalue weighted by molar-refractivity contribution is 5.78. The topological polar surface area (TPSA) is 76.9 Å². The fourth-order valence-electron chi connectivity index (χ4n) is 3.94. The molecule has 0 aliphatic heterocycles. The van der Waals surface area contributed by atoms with Crippen LogP contribution in [0.4, 0.5) is 4.39 Å². The van der Waals surface area contributed by atoms with Gasteiger partial charge in [-0.3, -0.25) is 9.59 Å². The van der Waals surface area contributed by atoms with Gasteiger partial charge in [0.15, 0.2) is 0 Å². The normalized spacial score (nSPS) is 15.6. The van der Waals surface area contributed by atoms with Crippen molar-refractivity contribution in [2.24, 2.45) is 0 Å². The Bertz CT molecular complexity index is 1060. The van der Waals surface area contributed by atoms with Crippen LogP contribution in [-0.2, 0) is 16.9 Å². The molecule has 0 bridgehead atoms. The van der Waals surface area contributed by atoms with Gasteiger partial charge in [0, 0.05) is 6.42 Å². The van der Waals surface area contributed by atoms with Crippen molar-refractivity contribution in [2.45, 2.75) is 44.2 Å². The number of fused-ring (bicyclic) bond motifs is 1. The van der Waals surface area contributed by atoms with Gasteiger partial charge in [-0.25, -0.2) is 9.07 Å². The van der Waals surface area contributed by atoms with Crippen LogP contribution in [0.25, 0.3) is 10.9 Å². The summed E-state index contributed by atoms with van der Waals surface area (Å²) in [5, 5.41) is 11.6. The molecule has 1 fully saturated rings. The Hall–Kier alpha value is -3.09. The van der Waals surface area contributed by atoms with E-state index in [1.165, 1.54) is 16.8 Å². The summed E-state index contributed by atoms with van der Waals surface area (Å²) in [7, 11) is 0. The van der Waals surface area contributed by atoms with Crippen LogP contribution >= 0.6 is 0 Å². The van der Waals surface area contributed by atoms with Gasteiger partial charge in [-0.1, -0.05) is 42.3 Å². The summed E-state index contributed by atoms with van der Waals surface area (Å²) >= 11 is 0. The maximum atomic E-state index is 13.3. The van der Waals surface area contributed by atoms with Crippen LogP contribution in [0.15, 0.2) is 53.3 Å². The summed E-state index contributed by atoms with van der Waals surface area (Å²) in [6, 6.07) is 13.3. The first-order valence-electron chi connectivity index (χ1n) is 9.47. The number of amides is 1. The van der Waals surface area contributed by atoms with E-state index >= 15 is 0 Å². The number of nitrogens with one attached hydrogen (secondary N) is 1. The van der Waals surface area contributed by atoms with E-state index in [2.05, 4.69) is 15.6 Å². The Balaban J connectivity index is 1.48. The zero-order chi connectivity index (χ0) is 19.6. The third-order valence-corrected chi connectivity index (χ3v) is 5.41. The van der Waals surface area contributed by atoms with E-state index in [4.69, 9.17) is 0 Å². The van der Waals surface area contributed by atoms with Crippen molar-refractivity contribution in [1.82, 2.24) is 20.3 Å². The molecular formula is C21H21FN4O2. The van der Waals surface area contributed by atoms with Crippen molar-refractivity contribution in [1.29, 1.82) is 0 Å². The smallest absolute Gasteiger partial charge is 0.277 e. The molecule has 0 saturated heterocycles. The second-order valence-electron chi connectivity index (χ2n) is 7.23. The number of carbonyl (C=O) groups is 1. The van der Waals surface area contributed by atoms with Crippen LogP contribution in [0, 0.1) is 5.82 Å². The lowest BCUT2D eigenvalue weighted by molar-refractivity contribution is -0.123. The second kappa shape index (κ2) is 7.50. The minimum absolute atomic E-state index is 0.121. The van der Waals surface area contributed by atoms with Gasteiger partial charge in [-0.05, 0) is 42.7 Å². The molecule has 1 amide bonds. The number of nitrogens with zero attached hydrogens (tertiary/aromatic N) is 3. The fraction of sp³-hybridized carbons (Fsp3) is 0.333. The Morgan fingerprint density at radius 1 is 1.11 bits per heavy atom. The zero-order valence-corrected chi connectivity index (χ0v) is 15.4. The van der Waals surface area contributed by atoms with Crippen molar-refractivity contribution in [2.75, 3.05) is 0 Å². The number of hydrogen-bond donors (Lipinski definition) is 1. The summed E-state index contributed by atoms with van der Waals surface area (Å²) in [5.74, 6) is -0.453. The molecule has 2 aromatic carbocycles. The quantitative estimate of drug-likeness (QED) is 0.738.